The van der Waals surface area contributed by atoms with Crippen LogP contribution in [0.4, 0.5) is 0 Å². The summed E-state index contributed by atoms with van der Waals surface area (Å²) < 4.78 is 0. The second kappa shape index (κ2) is 5.87. The maximum absolute atomic E-state index is 12.2. The molecule has 0 fully saturated rings. The molecule has 0 aliphatic carbocycles. The molecule has 0 aromatic rings. The Hall–Kier alpha value is -0.830. The third-order valence-electron chi connectivity index (χ3n) is 4.03. The first-order chi connectivity index (χ1) is 8.27. The van der Waals surface area contributed by atoms with Gasteiger partial charge in [-0.15, -0.1) is 0 Å². The summed E-state index contributed by atoms with van der Waals surface area (Å²) in [5.41, 5.74) is 7.67. The quantitative estimate of drug-likeness (QED) is 0.785. The van der Waals surface area contributed by atoms with Gasteiger partial charge in [-0.25, -0.2) is 0 Å². The van der Waals surface area contributed by atoms with E-state index in [9.17, 15) is 4.79 Å². The Balaban J connectivity index is 2.63. The molecule has 18 heavy (non-hydrogen) atoms. The largest absolute Gasteiger partial charge is 0.337 e. The zero-order chi connectivity index (χ0) is 13.9. The predicted octanol–water partition coefficient (Wildman–Crippen LogP) is 2.56. The monoisotopic (exact) mass is 252 g/mol. The zero-order valence-corrected chi connectivity index (χ0v) is 12.5. The van der Waals surface area contributed by atoms with E-state index >= 15 is 0 Å². The van der Waals surface area contributed by atoms with E-state index < -0.39 is 0 Å². The Morgan fingerprint density at radius 1 is 1.50 bits per heavy atom. The van der Waals surface area contributed by atoms with Crippen LogP contribution in [-0.4, -0.2) is 29.9 Å². The molecule has 1 heterocycles. The van der Waals surface area contributed by atoms with E-state index in [0.717, 1.165) is 25.9 Å². The number of carbonyl (C=O) groups is 1. The molecule has 1 amide bonds. The third kappa shape index (κ3) is 3.58. The van der Waals surface area contributed by atoms with Crippen molar-refractivity contribution in [3.05, 3.63) is 11.6 Å². The molecular formula is C15H28N2O. The molecule has 2 atom stereocenters. The first-order valence-electron chi connectivity index (χ1n) is 7.01. The molecule has 1 aliphatic heterocycles. The molecule has 0 saturated carbocycles. The van der Waals surface area contributed by atoms with Gasteiger partial charge in [-0.3, -0.25) is 4.79 Å². The number of amides is 1. The van der Waals surface area contributed by atoms with Crippen LogP contribution in [0.15, 0.2) is 11.6 Å². The van der Waals surface area contributed by atoms with Crippen LogP contribution in [0.3, 0.4) is 0 Å². The van der Waals surface area contributed by atoms with Crippen LogP contribution < -0.4 is 5.73 Å². The molecule has 1 rings (SSSR count). The van der Waals surface area contributed by atoms with Crippen molar-refractivity contribution in [3.8, 4) is 0 Å². The molecule has 0 aromatic heterocycles. The lowest BCUT2D eigenvalue weighted by Gasteiger charge is -2.34. The highest BCUT2D eigenvalue weighted by Gasteiger charge is 2.28. The molecule has 104 valence electrons. The highest BCUT2D eigenvalue weighted by atomic mass is 16.2. The average Bonchev–Trinajstić information content (AvgIpc) is 2.35. The lowest BCUT2D eigenvalue weighted by molar-refractivity contribution is -0.133. The van der Waals surface area contributed by atoms with Gasteiger partial charge in [0.25, 0.3) is 0 Å². The summed E-state index contributed by atoms with van der Waals surface area (Å²) in [6, 6.07) is -0.348. The Labute approximate surface area is 111 Å². The smallest absolute Gasteiger partial charge is 0.240 e. The van der Waals surface area contributed by atoms with Gasteiger partial charge in [0.2, 0.25) is 5.91 Å². The van der Waals surface area contributed by atoms with Crippen molar-refractivity contribution in [3.63, 3.8) is 0 Å². The van der Waals surface area contributed by atoms with Crippen molar-refractivity contribution in [2.75, 3.05) is 13.1 Å². The van der Waals surface area contributed by atoms with Crippen LogP contribution in [0.5, 0.6) is 0 Å². The summed E-state index contributed by atoms with van der Waals surface area (Å²) >= 11 is 0. The van der Waals surface area contributed by atoms with E-state index in [2.05, 4.69) is 33.8 Å². The molecule has 2 unspecified atom stereocenters. The Morgan fingerprint density at radius 2 is 2.11 bits per heavy atom. The van der Waals surface area contributed by atoms with Gasteiger partial charge in [0.15, 0.2) is 0 Å². The van der Waals surface area contributed by atoms with Crippen molar-refractivity contribution in [1.82, 2.24) is 4.90 Å². The molecule has 0 bridgehead atoms. The summed E-state index contributed by atoms with van der Waals surface area (Å²) in [6.45, 7) is 12.3. The molecule has 1 aliphatic rings. The summed E-state index contributed by atoms with van der Waals surface area (Å²) in [5, 5.41) is 0. The molecule has 0 aromatic carbocycles. The van der Waals surface area contributed by atoms with E-state index in [4.69, 9.17) is 5.73 Å². The van der Waals surface area contributed by atoms with Gasteiger partial charge in [0, 0.05) is 13.1 Å². The predicted molar refractivity (Wildman–Crippen MR) is 76.2 cm³/mol. The molecule has 3 heteroatoms. The summed E-state index contributed by atoms with van der Waals surface area (Å²) in [5.74, 6) is 0.360. The van der Waals surface area contributed by atoms with Crippen molar-refractivity contribution >= 4 is 5.91 Å². The number of nitrogens with zero attached hydrogens (tertiary/aromatic N) is 1. The first kappa shape index (κ1) is 15.2. The van der Waals surface area contributed by atoms with Gasteiger partial charge < -0.3 is 10.6 Å². The molecule has 0 radical (unpaired) electrons. The molecule has 3 nitrogen and oxygen atoms in total. The number of rotatable bonds is 3. The topological polar surface area (TPSA) is 46.3 Å². The van der Waals surface area contributed by atoms with E-state index in [1.807, 2.05) is 11.8 Å². The van der Waals surface area contributed by atoms with Crippen LogP contribution in [-0.2, 0) is 4.79 Å². The van der Waals surface area contributed by atoms with Gasteiger partial charge in [-0.1, -0.05) is 52.7 Å². The van der Waals surface area contributed by atoms with Crippen molar-refractivity contribution < 1.29 is 4.79 Å². The third-order valence-corrected chi connectivity index (χ3v) is 4.03. The van der Waals surface area contributed by atoms with Gasteiger partial charge >= 0.3 is 0 Å². The van der Waals surface area contributed by atoms with Crippen LogP contribution in [0, 0.1) is 11.3 Å². The maximum Gasteiger partial charge on any atom is 0.240 e. The van der Waals surface area contributed by atoms with Crippen LogP contribution in [0.2, 0.25) is 0 Å². The zero-order valence-electron chi connectivity index (χ0n) is 12.5. The Morgan fingerprint density at radius 3 is 2.50 bits per heavy atom. The standard InChI is InChI=1S/C15H28N2O/c1-6-11(2)13(16)14(18)17-9-7-12(8-10-17)15(3,4)5/h7,11,13H,6,8-10,16H2,1-5H3. The average molecular weight is 252 g/mol. The van der Waals surface area contributed by atoms with E-state index in [1.165, 1.54) is 5.57 Å². The molecule has 0 saturated heterocycles. The highest BCUT2D eigenvalue weighted by molar-refractivity contribution is 5.82. The fraction of sp³-hybridized carbons (Fsp3) is 0.800. The molecule has 0 spiro atoms. The van der Waals surface area contributed by atoms with Gasteiger partial charge in [-0.2, -0.15) is 0 Å². The SMILES string of the molecule is CCC(C)C(N)C(=O)N1CC=C(C(C)(C)C)CC1. The van der Waals surface area contributed by atoms with Gasteiger partial charge in [0.1, 0.15) is 0 Å². The van der Waals surface area contributed by atoms with Crippen LogP contribution in [0.25, 0.3) is 0 Å². The summed E-state index contributed by atoms with van der Waals surface area (Å²) in [6.07, 6.45) is 4.12. The van der Waals surface area contributed by atoms with Gasteiger partial charge in [0.05, 0.1) is 6.04 Å². The number of hydrogen-bond donors (Lipinski definition) is 1. The molecule has 2 N–H and O–H groups in total. The normalized spacial score (nSPS) is 20.3. The van der Waals surface area contributed by atoms with E-state index in [1.54, 1.807) is 0 Å². The Kier molecular flexibility index (Phi) is 4.97. The van der Waals surface area contributed by atoms with Gasteiger partial charge in [-0.05, 0) is 17.8 Å². The second-order valence-electron chi connectivity index (χ2n) is 6.42. The second-order valence-corrected chi connectivity index (χ2v) is 6.42. The molecular weight excluding hydrogens is 224 g/mol. The first-order valence-corrected chi connectivity index (χ1v) is 7.01. The van der Waals surface area contributed by atoms with Crippen LogP contribution >= 0.6 is 0 Å². The minimum atomic E-state index is -0.348. The van der Waals surface area contributed by atoms with E-state index in [-0.39, 0.29) is 23.3 Å². The number of carbonyl (C=O) groups excluding carboxylic acids is 1. The maximum atomic E-state index is 12.2. The minimum absolute atomic E-state index is 0.105. The van der Waals surface area contributed by atoms with E-state index in [0.29, 0.717) is 0 Å². The number of hydrogen-bond acceptors (Lipinski definition) is 2. The van der Waals surface area contributed by atoms with Crippen molar-refractivity contribution in [2.45, 2.75) is 53.5 Å². The lowest BCUT2D eigenvalue weighted by atomic mass is 9.83. The Bertz CT molecular complexity index is 328. The van der Waals surface area contributed by atoms with Crippen LogP contribution in [0.1, 0.15) is 47.5 Å². The fourth-order valence-corrected chi connectivity index (χ4v) is 2.26. The minimum Gasteiger partial charge on any atom is -0.337 e. The summed E-state index contributed by atoms with van der Waals surface area (Å²) in [4.78, 5) is 14.1. The van der Waals surface area contributed by atoms with Crippen molar-refractivity contribution in [1.29, 1.82) is 0 Å². The lowest BCUT2D eigenvalue weighted by Crippen LogP contribution is -2.48. The number of nitrogens with two attached hydrogens (primary N) is 1. The highest BCUT2D eigenvalue weighted by Crippen LogP contribution is 2.30. The fourth-order valence-electron chi connectivity index (χ4n) is 2.26. The summed E-state index contributed by atoms with van der Waals surface area (Å²) in [7, 11) is 0. The van der Waals surface area contributed by atoms with Crippen molar-refractivity contribution in [2.24, 2.45) is 17.1 Å².